The van der Waals surface area contributed by atoms with E-state index in [1.807, 2.05) is 49.4 Å². The summed E-state index contributed by atoms with van der Waals surface area (Å²) in [6.45, 7) is 5.65. The number of benzene rings is 1. The van der Waals surface area contributed by atoms with Crippen LogP contribution >= 0.6 is 11.6 Å². The van der Waals surface area contributed by atoms with Gasteiger partial charge in [-0.1, -0.05) is 54.6 Å². The number of para-hydroxylation sites is 1. The highest BCUT2D eigenvalue weighted by molar-refractivity contribution is 6.34. The molecule has 0 amide bonds. The maximum atomic E-state index is 6.26. The summed E-state index contributed by atoms with van der Waals surface area (Å²) in [4.78, 5) is 8.93. The Morgan fingerprint density at radius 2 is 2.10 bits per heavy atom. The second-order valence-electron chi connectivity index (χ2n) is 4.47. The molecule has 0 fully saturated rings. The van der Waals surface area contributed by atoms with E-state index in [2.05, 4.69) is 16.5 Å². The molecule has 0 saturated heterocycles. The quantitative estimate of drug-likeness (QED) is 0.494. The Labute approximate surface area is 127 Å². The lowest BCUT2D eigenvalue weighted by Crippen LogP contribution is -1.93. The molecular formula is C17H13ClN2O. The number of aromatic nitrogens is 2. The van der Waals surface area contributed by atoms with Crippen molar-refractivity contribution in [1.29, 1.82) is 0 Å². The van der Waals surface area contributed by atoms with Crippen molar-refractivity contribution in [3.05, 3.63) is 66.1 Å². The Morgan fingerprint density at radius 3 is 2.86 bits per heavy atom. The maximum absolute atomic E-state index is 6.26. The van der Waals surface area contributed by atoms with E-state index < -0.39 is 0 Å². The summed E-state index contributed by atoms with van der Waals surface area (Å²) in [5, 5.41) is 1.24. The average molecular weight is 297 g/mol. The van der Waals surface area contributed by atoms with Gasteiger partial charge in [-0.15, -0.1) is 0 Å². The monoisotopic (exact) mass is 296 g/mol. The normalized spacial score (nSPS) is 12.6. The molecule has 0 aliphatic rings. The zero-order valence-electron chi connectivity index (χ0n) is 11.5. The number of nitrogens with zero attached hydrogens (tertiary/aromatic N) is 2. The van der Waals surface area contributed by atoms with Gasteiger partial charge in [-0.25, -0.2) is 9.97 Å². The first kappa shape index (κ1) is 13.6. The molecule has 2 heterocycles. The molecule has 0 bridgehead atoms. The van der Waals surface area contributed by atoms with Crippen molar-refractivity contribution in [3.8, 4) is 0 Å². The van der Waals surface area contributed by atoms with Crippen molar-refractivity contribution >= 4 is 39.2 Å². The smallest absolute Gasteiger partial charge is 0.191 e. The van der Waals surface area contributed by atoms with Gasteiger partial charge in [0.25, 0.3) is 0 Å². The molecule has 4 heteroatoms. The third-order valence-electron chi connectivity index (χ3n) is 3.08. The first-order chi connectivity index (χ1) is 10.2. The van der Waals surface area contributed by atoms with E-state index >= 15 is 0 Å². The lowest BCUT2D eigenvalue weighted by atomic mass is 10.2. The fraction of sp³-hybridized carbons (Fsp3) is 0.0588. The van der Waals surface area contributed by atoms with Crippen molar-refractivity contribution < 1.29 is 4.42 Å². The molecule has 21 heavy (non-hydrogen) atoms. The van der Waals surface area contributed by atoms with Crippen molar-refractivity contribution in [3.63, 3.8) is 0 Å². The number of hydrogen-bond acceptors (Lipinski definition) is 3. The van der Waals surface area contributed by atoms with E-state index in [0.717, 1.165) is 22.1 Å². The van der Waals surface area contributed by atoms with E-state index in [4.69, 9.17) is 16.0 Å². The van der Waals surface area contributed by atoms with Crippen LogP contribution in [0, 0.1) is 0 Å². The molecule has 3 aromatic rings. The summed E-state index contributed by atoms with van der Waals surface area (Å²) in [7, 11) is 0. The number of fused-ring (bicyclic) bond motifs is 3. The molecule has 2 aromatic heterocycles. The summed E-state index contributed by atoms with van der Waals surface area (Å²) in [6, 6.07) is 7.70. The van der Waals surface area contributed by atoms with Crippen LogP contribution in [0.2, 0.25) is 5.15 Å². The number of hydrogen-bond donors (Lipinski definition) is 0. The molecule has 0 radical (unpaired) electrons. The Morgan fingerprint density at radius 1 is 1.29 bits per heavy atom. The Hall–Kier alpha value is -2.39. The second-order valence-corrected chi connectivity index (χ2v) is 4.83. The highest BCUT2D eigenvalue weighted by Crippen LogP contribution is 2.32. The van der Waals surface area contributed by atoms with Gasteiger partial charge in [0.1, 0.15) is 11.1 Å². The lowest BCUT2D eigenvalue weighted by molar-refractivity contribution is 0.665. The summed E-state index contributed by atoms with van der Waals surface area (Å²) < 4.78 is 5.72. The fourth-order valence-corrected chi connectivity index (χ4v) is 2.41. The van der Waals surface area contributed by atoms with Crippen molar-refractivity contribution in [2.45, 2.75) is 6.92 Å². The first-order valence-corrected chi connectivity index (χ1v) is 6.93. The zero-order valence-corrected chi connectivity index (χ0v) is 12.3. The number of rotatable bonds is 3. The number of furan rings is 1. The molecule has 0 atom stereocenters. The minimum absolute atomic E-state index is 0.311. The minimum Gasteiger partial charge on any atom is -0.451 e. The van der Waals surface area contributed by atoms with Gasteiger partial charge in [0.05, 0.1) is 0 Å². The van der Waals surface area contributed by atoms with Crippen LogP contribution in [0.15, 0.2) is 59.6 Å². The summed E-state index contributed by atoms with van der Waals surface area (Å²) in [5.41, 5.74) is 2.84. The predicted molar refractivity (Wildman–Crippen MR) is 87.3 cm³/mol. The van der Waals surface area contributed by atoms with Crippen molar-refractivity contribution in [2.75, 3.05) is 0 Å². The van der Waals surface area contributed by atoms with Gasteiger partial charge in [0, 0.05) is 11.0 Å². The summed E-state index contributed by atoms with van der Waals surface area (Å²) in [5.74, 6) is 0.553. The molecule has 3 nitrogen and oxygen atoms in total. The molecule has 0 unspecified atom stereocenters. The van der Waals surface area contributed by atoms with Gasteiger partial charge >= 0.3 is 0 Å². The molecule has 3 rings (SSSR count). The summed E-state index contributed by atoms with van der Waals surface area (Å²) in [6.07, 6.45) is 7.38. The highest BCUT2D eigenvalue weighted by atomic mass is 35.5. The van der Waals surface area contributed by atoms with Crippen LogP contribution < -0.4 is 0 Å². The van der Waals surface area contributed by atoms with Gasteiger partial charge in [-0.2, -0.15) is 0 Å². The maximum Gasteiger partial charge on any atom is 0.191 e. The van der Waals surface area contributed by atoms with Crippen LogP contribution in [-0.4, -0.2) is 9.97 Å². The molecular weight excluding hydrogens is 284 g/mol. The van der Waals surface area contributed by atoms with Crippen LogP contribution in [0.1, 0.15) is 12.7 Å². The number of halogens is 1. The van der Waals surface area contributed by atoms with Crippen LogP contribution in [0.25, 0.3) is 27.6 Å². The third kappa shape index (κ3) is 2.36. The molecule has 1 aromatic carbocycles. The molecule has 0 N–H and O–H groups in total. The molecule has 0 saturated carbocycles. The van der Waals surface area contributed by atoms with Crippen LogP contribution in [-0.2, 0) is 0 Å². The van der Waals surface area contributed by atoms with Crippen LogP contribution in [0.5, 0.6) is 0 Å². The third-order valence-corrected chi connectivity index (χ3v) is 3.34. The number of allylic oxidation sites excluding steroid dienone is 5. The summed E-state index contributed by atoms with van der Waals surface area (Å²) >= 11 is 6.26. The van der Waals surface area contributed by atoms with Gasteiger partial charge in [-0.3, -0.25) is 0 Å². The van der Waals surface area contributed by atoms with E-state index in [0.29, 0.717) is 16.6 Å². The van der Waals surface area contributed by atoms with Gasteiger partial charge < -0.3 is 4.42 Å². The standard InChI is InChI=1S/C17H13ClN2O/c1-3-7-11(8-4-2)17-19-14-12-9-5-6-10-13(12)21-15(14)16(18)20-17/h3-10H,1H2,2H3/b8-4-,11-7+. The van der Waals surface area contributed by atoms with E-state index in [1.54, 1.807) is 6.08 Å². The van der Waals surface area contributed by atoms with E-state index in [9.17, 15) is 0 Å². The lowest BCUT2D eigenvalue weighted by Gasteiger charge is -2.01. The second kappa shape index (κ2) is 5.54. The largest absolute Gasteiger partial charge is 0.451 e. The average Bonchev–Trinajstić information content (AvgIpc) is 2.86. The zero-order chi connectivity index (χ0) is 14.8. The predicted octanol–water partition coefficient (Wildman–Crippen LogP) is 5.17. The molecule has 0 aliphatic heterocycles. The minimum atomic E-state index is 0.311. The Bertz CT molecular complexity index is 890. The molecule has 0 aliphatic carbocycles. The molecule has 0 spiro atoms. The van der Waals surface area contributed by atoms with Gasteiger partial charge in [0.2, 0.25) is 0 Å². The topological polar surface area (TPSA) is 38.9 Å². The van der Waals surface area contributed by atoms with Crippen molar-refractivity contribution in [1.82, 2.24) is 9.97 Å². The van der Waals surface area contributed by atoms with Gasteiger partial charge in [-0.05, 0) is 19.1 Å². The Balaban J connectivity index is 2.33. The Kier molecular flexibility index (Phi) is 3.59. The fourth-order valence-electron chi connectivity index (χ4n) is 2.20. The van der Waals surface area contributed by atoms with Crippen molar-refractivity contribution in [2.24, 2.45) is 0 Å². The first-order valence-electron chi connectivity index (χ1n) is 6.55. The van der Waals surface area contributed by atoms with Crippen LogP contribution in [0.4, 0.5) is 0 Å². The van der Waals surface area contributed by atoms with E-state index in [1.165, 1.54) is 0 Å². The van der Waals surface area contributed by atoms with Gasteiger partial charge in [0.15, 0.2) is 16.6 Å². The van der Waals surface area contributed by atoms with Crippen LogP contribution in [0.3, 0.4) is 0 Å². The SMILES string of the molecule is C=C/C=C(\C=C/C)c1nc(Cl)c2oc3ccccc3c2n1. The van der Waals surface area contributed by atoms with E-state index in [-0.39, 0.29) is 0 Å². The molecule has 104 valence electrons. The highest BCUT2D eigenvalue weighted by Gasteiger charge is 2.15.